The van der Waals surface area contributed by atoms with Crippen molar-refractivity contribution in [2.75, 3.05) is 45.6 Å². The van der Waals surface area contributed by atoms with Gasteiger partial charge in [0.1, 0.15) is 5.82 Å². The molecule has 3 heterocycles. The SMILES string of the molecule is CCc1nccc(-c2ccc(O)c(F)c2C(=O)N2CCN(C)CC2)c1C#Cc1ccc(NC)nc1. The molecule has 2 N–H and O–H groups in total. The molecule has 0 spiro atoms. The van der Waals surface area contributed by atoms with Gasteiger partial charge in [0.2, 0.25) is 0 Å². The number of nitrogens with one attached hydrogen (secondary N) is 1. The van der Waals surface area contributed by atoms with Crippen LogP contribution in [-0.2, 0) is 6.42 Å². The number of aromatic hydroxyl groups is 1. The highest BCUT2D eigenvalue weighted by Crippen LogP contribution is 2.34. The van der Waals surface area contributed by atoms with Crippen LogP contribution in [0.15, 0.2) is 42.7 Å². The van der Waals surface area contributed by atoms with Crippen molar-refractivity contribution in [1.82, 2.24) is 19.8 Å². The molecular weight excluding hydrogens is 445 g/mol. The van der Waals surface area contributed by atoms with Crippen LogP contribution in [0.2, 0.25) is 0 Å². The molecule has 35 heavy (non-hydrogen) atoms. The van der Waals surface area contributed by atoms with E-state index >= 15 is 4.39 Å². The van der Waals surface area contributed by atoms with Crippen LogP contribution in [0.4, 0.5) is 10.2 Å². The van der Waals surface area contributed by atoms with Crippen molar-refractivity contribution in [3.8, 4) is 28.7 Å². The molecule has 2 aromatic heterocycles. The first-order valence-electron chi connectivity index (χ1n) is 11.6. The average Bonchev–Trinajstić information content (AvgIpc) is 2.89. The highest BCUT2D eigenvalue weighted by Gasteiger charge is 2.28. The number of likely N-dealkylation sites (N-methyl/N-ethyl adjacent to an activating group) is 1. The zero-order valence-electron chi connectivity index (χ0n) is 20.1. The molecule has 8 heteroatoms. The fourth-order valence-corrected chi connectivity index (χ4v) is 4.05. The third-order valence-corrected chi connectivity index (χ3v) is 6.13. The first-order valence-corrected chi connectivity index (χ1v) is 11.6. The molecule has 0 bridgehead atoms. The smallest absolute Gasteiger partial charge is 0.257 e. The van der Waals surface area contributed by atoms with Crippen LogP contribution in [0.3, 0.4) is 0 Å². The van der Waals surface area contributed by atoms with E-state index in [9.17, 15) is 9.90 Å². The second-order valence-corrected chi connectivity index (χ2v) is 8.38. The van der Waals surface area contributed by atoms with Crippen LogP contribution >= 0.6 is 0 Å². The van der Waals surface area contributed by atoms with Gasteiger partial charge < -0.3 is 20.2 Å². The van der Waals surface area contributed by atoms with E-state index in [1.807, 2.05) is 26.1 Å². The van der Waals surface area contributed by atoms with Crippen LogP contribution < -0.4 is 5.32 Å². The molecule has 1 aliphatic heterocycles. The Bertz CT molecular complexity index is 1290. The maximum atomic E-state index is 15.3. The summed E-state index contributed by atoms with van der Waals surface area (Å²) in [5.74, 6) is 5.11. The number of hydrogen-bond acceptors (Lipinski definition) is 6. The molecular formula is C27H28FN5O2. The molecule has 0 aliphatic carbocycles. The van der Waals surface area contributed by atoms with Crippen LogP contribution in [0, 0.1) is 17.7 Å². The average molecular weight is 474 g/mol. The number of aryl methyl sites for hydroxylation is 1. The number of phenolic OH excluding ortho intramolecular Hbond substituents is 1. The predicted molar refractivity (Wildman–Crippen MR) is 134 cm³/mol. The number of amides is 1. The van der Waals surface area contributed by atoms with Crippen molar-refractivity contribution in [1.29, 1.82) is 0 Å². The first kappa shape index (κ1) is 24.2. The summed E-state index contributed by atoms with van der Waals surface area (Å²) in [6.07, 6.45) is 3.91. The summed E-state index contributed by atoms with van der Waals surface area (Å²) in [4.78, 5) is 26.0. The molecule has 7 nitrogen and oxygen atoms in total. The molecule has 3 aromatic rings. The van der Waals surface area contributed by atoms with E-state index in [0.717, 1.165) is 11.5 Å². The van der Waals surface area contributed by atoms with Crippen molar-refractivity contribution in [2.24, 2.45) is 0 Å². The van der Waals surface area contributed by atoms with Crippen molar-refractivity contribution >= 4 is 11.7 Å². The Hall–Kier alpha value is -3.96. The normalized spacial score (nSPS) is 13.8. The zero-order valence-corrected chi connectivity index (χ0v) is 20.1. The largest absolute Gasteiger partial charge is 0.505 e. The number of aromatic nitrogens is 2. The van der Waals surface area contributed by atoms with Gasteiger partial charge in [-0.2, -0.15) is 0 Å². The number of pyridine rings is 2. The second-order valence-electron chi connectivity index (χ2n) is 8.38. The number of piperazine rings is 1. The van der Waals surface area contributed by atoms with Gasteiger partial charge in [-0.05, 0) is 49.4 Å². The molecule has 0 unspecified atom stereocenters. The van der Waals surface area contributed by atoms with E-state index in [4.69, 9.17) is 0 Å². The van der Waals surface area contributed by atoms with Gasteiger partial charge in [0, 0.05) is 56.7 Å². The van der Waals surface area contributed by atoms with E-state index in [1.165, 1.54) is 6.07 Å². The maximum absolute atomic E-state index is 15.3. The summed E-state index contributed by atoms with van der Waals surface area (Å²) in [6, 6.07) is 8.27. The lowest BCUT2D eigenvalue weighted by Crippen LogP contribution is -2.47. The molecule has 1 saturated heterocycles. The highest BCUT2D eigenvalue weighted by atomic mass is 19.1. The molecule has 1 aromatic carbocycles. The molecule has 0 atom stereocenters. The number of carbonyl (C=O) groups is 1. The number of rotatable bonds is 4. The molecule has 0 radical (unpaired) electrons. The summed E-state index contributed by atoms with van der Waals surface area (Å²) >= 11 is 0. The third kappa shape index (κ3) is 5.10. The first-order chi connectivity index (χ1) is 16.9. The summed E-state index contributed by atoms with van der Waals surface area (Å²) in [5.41, 5.74) is 2.90. The van der Waals surface area contributed by atoms with E-state index in [-0.39, 0.29) is 5.56 Å². The topological polar surface area (TPSA) is 81.6 Å². The Morgan fingerprint density at radius 3 is 2.51 bits per heavy atom. The Balaban J connectivity index is 1.83. The van der Waals surface area contributed by atoms with Gasteiger partial charge in [0.15, 0.2) is 11.6 Å². The van der Waals surface area contributed by atoms with Gasteiger partial charge in [0.05, 0.1) is 16.8 Å². The molecule has 1 aliphatic rings. The second kappa shape index (κ2) is 10.5. The van der Waals surface area contributed by atoms with Crippen molar-refractivity contribution in [3.05, 3.63) is 70.9 Å². The predicted octanol–water partition coefficient (Wildman–Crippen LogP) is 3.38. The summed E-state index contributed by atoms with van der Waals surface area (Å²) in [5, 5.41) is 13.1. The minimum Gasteiger partial charge on any atom is -0.505 e. The van der Waals surface area contributed by atoms with Gasteiger partial charge in [-0.15, -0.1) is 0 Å². The lowest BCUT2D eigenvalue weighted by molar-refractivity contribution is 0.0659. The Kier molecular flexibility index (Phi) is 7.28. The van der Waals surface area contributed by atoms with Crippen LogP contribution in [0.25, 0.3) is 11.1 Å². The Labute approximate surface area is 204 Å². The maximum Gasteiger partial charge on any atom is 0.257 e. The fourth-order valence-electron chi connectivity index (χ4n) is 4.05. The minimum absolute atomic E-state index is 0.147. The Morgan fingerprint density at radius 1 is 1.09 bits per heavy atom. The number of hydrogen-bond donors (Lipinski definition) is 2. The molecule has 4 rings (SSSR count). The highest BCUT2D eigenvalue weighted by molar-refractivity contribution is 6.02. The van der Waals surface area contributed by atoms with Crippen LogP contribution in [-0.4, -0.2) is 71.1 Å². The van der Waals surface area contributed by atoms with Crippen molar-refractivity contribution in [3.63, 3.8) is 0 Å². The van der Waals surface area contributed by atoms with Crippen molar-refractivity contribution < 1.29 is 14.3 Å². The number of benzene rings is 1. The lowest BCUT2D eigenvalue weighted by Gasteiger charge is -2.33. The monoisotopic (exact) mass is 473 g/mol. The summed E-state index contributed by atoms with van der Waals surface area (Å²) in [6.45, 7) is 4.35. The van der Waals surface area contributed by atoms with Crippen LogP contribution in [0.5, 0.6) is 5.75 Å². The zero-order chi connectivity index (χ0) is 24.9. The molecule has 180 valence electrons. The van der Waals surface area contributed by atoms with Crippen molar-refractivity contribution in [2.45, 2.75) is 13.3 Å². The lowest BCUT2D eigenvalue weighted by atomic mass is 9.93. The Morgan fingerprint density at radius 2 is 1.86 bits per heavy atom. The number of nitrogens with zero attached hydrogens (tertiary/aromatic N) is 4. The quantitative estimate of drug-likeness (QED) is 0.566. The van der Waals surface area contributed by atoms with E-state index in [2.05, 4.69) is 32.0 Å². The molecule has 1 fully saturated rings. The molecule has 0 saturated carbocycles. The van der Waals surface area contributed by atoms with E-state index in [0.29, 0.717) is 54.9 Å². The van der Waals surface area contributed by atoms with Gasteiger partial charge >= 0.3 is 0 Å². The summed E-state index contributed by atoms with van der Waals surface area (Å²) in [7, 11) is 3.78. The minimum atomic E-state index is -0.924. The third-order valence-electron chi connectivity index (χ3n) is 6.13. The molecule has 1 amide bonds. The number of anilines is 1. The van der Waals surface area contributed by atoms with Gasteiger partial charge in [-0.25, -0.2) is 9.37 Å². The number of phenols is 1. The van der Waals surface area contributed by atoms with Crippen LogP contribution in [0.1, 0.15) is 34.1 Å². The standard InChI is InChI=1S/C27H28FN5O2/c1-4-22-20(7-5-18-6-10-24(29-2)31-17-18)19(11-12-30-22)21-8-9-23(34)26(28)25(21)27(35)33-15-13-32(3)14-16-33/h6,8-12,17,34H,4,13-16H2,1-3H3,(H,29,31). The fraction of sp³-hybridized carbons (Fsp3) is 0.296. The summed E-state index contributed by atoms with van der Waals surface area (Å²) < 4.78 is 15.3. The number of halogens is 1. The van der Waals surface area contributed by atoms with E-state index < -0.39 is 17.5 Å². The van der Waals surface area contributed by atoms with Gasteiger partial charge in [-0.3, -0.25) is 9.78 Å². The van der Waals surface area contributed by atoms with E-state index in [1.54, 1.807) is 36.5 Å². The van der Waals surface area contributed by atoms with Gasteiger partial charge in [-0.1, -0.05) is 18.8 Å². The van der Waals surface area contributed by atoms with Gasteiger partial charge in [0.25, 0.3) is 5.91 Å². The number of carbonyl (C=O) groups excluding carboxylic acids is 1.